The summed E-state index contributed by atoms with van der Waals surface area (Å²) >= 11 is 0. The number of aromatic nitrogens is 3. The Labute approximate surface area is 175 Å². The third-order valence-corrected chi connectivity index (χ3v) is 5.28. The summed E-state index contributed by atoms with van der Waals surface area (Å²) in [5.74, 6) is 0.837. The van der Waals surface area contributed by atoms with E-state index in [0.717, 1.165) is 50.5 Å². The smallest absolute Gasteiger partial charge is 0.164 e. The topological polar surface area (TPSA) is 39.9 Å². The maximum atomic E-state index is 5.34. The molecule has 0 fully saturated rings. The normalized spacial score (nSPS) is 11.0. The van der Waals surface area contributed by atoms with E-state index in [-0.39, 0.29) is 0 Å². The Bertz CT molecular complexity index is 1310. The van der Waals surface area contributed by atoms with Crippen LogP contribution >= 0.6 is 0 Å². The minimum Gasteiger partial charge on any atom is -0.497 e. The minimum atomic E-state index is 0.837. The van der Waals surface area contributed by atoms with Crippen LogP contribution < -0.4 is 4.74 Å². The fraction of sp³-hybridized carbons (Fsp3) is 0.0769. The number of ether oxygens (including phenoxy) is 1. The van der Waals surface area contributed by atoms with Crippen LogP contribution in [0.5, 0.6) is 5.75 Å². The Balaban J connectivity index is 1.82. The number of pyridine rings is 1. The van der Waals surface area contributed by atoms with Crippen molar-refractivity contribution in [2.24, 2.45) is 0 Å². The van der Waals surface area contributed by atoms with Crippen molar-refractivity contribution in [3.05, 3.63) is 96.7 Å². The molecule has 0 aliphatic carbocycles. The van der Waals surface area contributed by atoms with Crippen molar-refractivity contribution < 1.29 is 4.74 Å². The molecule has 0 saturated carbocycles. The summed E-state index contributed by atoms with van der Waals surface area (Å²) in [6.45, 7) is 2.04. The van der Waals surface area contributed by atoms with Gasteiger partial charge in [-0.2, -0.15) is 5.10 Å². The van der Waals surface area contributed by atoms with Crippen LogP contribution in [0.25, 0.3) is 39.1 Å². The lowest BCUT2D eigenvalue weighted by Crippen LogP contribution is -1.98. The lowest BCUT2D eigenvalue weighted by Gasteiger charge is -2.10. The lowest BCUT2D eigenvalue weighted by molar-refractivity contribution is 0.415. The van der Waals surface area contributed by atoms with Gasteiger partial charge in [0.15, 0.2) is 5.65 Å². The Kier molecular flexibility index (Phi) is 4.52. The Morgan fingerprint density at radius 2 is 1.43 bits per heavy atom. The summed E-state index contributed by atoms with van der Waals surface area (Å²) in [5, 5.41) is 5.90. The van der Waals surface area contributed by atoms with Gasteiger partial charge in [0.25, 0.3) is 0 Å². The van der Waals surface area contributed by atoms with Gasteiger partial charge in [-0.15, -0.1) is 0 Å². The molecule has 0 N–H and O–H groups in total. The number of nitrogens with zero attached hydrogens (tertiary/aromatic N) is 3. The van der Waals surface area contributed by atoms with Crippen molar-refractivity contribution in [3.8, 4) is 33.8 Å². The molecule has 0 saturated heterocycles. The first-order chi connectivity index (χ1) is 14.7. The molecular weight excluding hydrogens is 370 g/mol. The van der Waals surface area contributed by atoms with Crippen LogP contribution in [0, 0.1) is 6.92 Å². The number of hydrogen-bond acceptors (Lipinski definition) is 3. The fourth-order valence-corrected chi connectivity index (χ4v) is 3.79. The van der Waals surface area contributed by atoms with Crippen LogP contribution in [0.3, 0.4) is 0 Å². The Hall–Kier alpha value is -3.92. The van der Waals surface area contributed by atoms with Crippen LogP contribution in [0.4, 0.5) is 0 Å². The molecule has 2 aromatic heterocycles. The molecule has 4 nitrogen and oxygen atoms in total. The quantitative estimate of drug-likeness (QED) is 0.373. The van der Waals surface area contributed by atoms with Gasteiger partial charge in [0, 0.05) is 5.56 Å². The van der Waals surface area contributed by atoms with E-state index >= 15 is 0 Å². The summed E-state index contributed by atoms with van der Waals surface area (Å²) in [5.41, 5.74) is 7.02. The zero-order valence-corrected chi connectivity index (χ0v) is 16.9. The summed E-state index contributed by atoms with van der Waals surface area (Å²) in [4.78, 5) is 5.04. The second-order valence-corrected chi connectivity index (χ2v) is 7.18. The molecule has 0 atom stereocenters. The van der Waals surface area contributed by atoms with Crippen LogP contribution in [0.1, 0.15) is 5.69 Å². The number of fused-ring (bicyclic) bond motifs is 1. The van der Waals surface area contributed by atoms with Crippen molar-refractivity contribution in [2.45, 2.75) is 6.92 Å². The minimum absolute atomic E-state index is 0.837. The molecule has 0 radical (unpaired) electrons. The van der Waals surface area contributed by atoms with Crippen molar-refractivity contribution in [1.29, 1.82) is 0 Å². The highest BCUT2D eigenvalue weighted by Gasteiger charge is 2.18. The van der Waals surface area contributed by atoms with E-state index in [1.54, 1.807) is 7.11 Å². The standard InChI is InChI=1S/C26H21N3O/c1-18-25-23(19-13-15-22(30-2)16-14-19)17-24(20-9-5-3-6-10-20)27-26(25)29(28-18)21-11-7-4-8-12-21/h3-17H,1-2H3. The monoisotopic (exact) mass is 391 g/mol. The first-order valence-corrected chi connectivity index (χ1v) is 9.90. The first-order valence-electron chi connectivity index (χ1n) is 9.90. The first kappa shape index (κ1) is 18.1. The number of rotatable bonds is 4. The van der Waals surface area contributed by atoms with Crippen molar-refractivity contribution in [1.82, 2.24) is 14.8 Å². The molecule has 3 aromatic carbocycles. The summed E-state index contributed by atoms with van der Waals surface area (Å²) in [6, 6.07) is 30.7. The highest BCUT2D eigenvalue weighted by molar-refractivity contribution is 5.97. The van der Waals surface area contributed by atoms with Crippen LogP contribution in [0.15, 0.2) is 91.0 Å². The van der Waals surface area contributed by atoms with Gasteiger partial charge >= 0.3 is 0 Å². The number of aryl methyl sites for hydroxylation is 1. The predicted molar refractivity (Wildman–Crippen MR) is 121 cm³/mol. The van der Waals surface area contributed by atoms with Gasteiger partial charge in [-0.05, 0) is 48.4 Å². The third-order valence-electron chi connectivity index (χ3n) is 5.28. The van der Waals surface area contributed by atoms with Gasteiger partial charge in [-0.3, -0.25) is 0 Å². The van der Waals surface area contributed by atoms with E-state index in [1.165, 1.54) is 0 Å². The third kappa shape index (κ3) is 3.12. The fourth-order valence-electron chi connectivity index (χ4n) is 3.79. The second-order valence-electron chi connectivity index (χ2n) is 7.18. The molecule has 146 valence electrons. The second kappa shape index (κ2) is 7.48. The van der Waals surface area contributed by atoms with E-state index in [0.29, 0.717) is 0 Å². The molecular formula is C26H21N3O. The highest BCUT2D eigenvalue weighted by atomic mass is 16.5. The molecule has 30 heavy (non-hydrogen) atoms. The summed E-state index contributed by atoms with van der Waals surface area (Å²) in [7, 11) is 1.68. The van der Waals surface area contributed by atoms with Crippen molar-refractivity contribution in [3.63, 3.8) is 0 Å². The molecule has 0 amide bonds. The van der Waals surface area contributed by atoms with Gasteiger partial charge in [0.1, 0.15) is 5.75 Å². The van der Waals surface area contributed by atoms with E-state index in [2.05, 4.69) is 42.5 Å². The molecule has 4 heteroatoms. The van der Waals surface area contributed by atoms with Crippen LogP contribution in [0.2, 0.25) is 0 Å². The van der Waals surface area contributed by atoms with Gasteiger partial charge in [0.05, 0.1) is 29.6 Å². The zero-order valence-electron chi connectivity index (χ0n) is 16.9. The maximum Gasteiger partial charge on any atom is 0.164 e. The molecule has 0 aliphatic rings. The van der Waals surface area contributed by atoms with E-state index in [1.807, 2.05) is 60.1 Å². The zero-order chi connectivity index (χ0) is 20.5. The van der Waals surface area contributed by atoms with Gasteiger partial charge in [0.2, 0.25) is 0 Å². The predicted octanol–water partition coefficient (Wildman–Crippen LogP) is 6.07. The Morgan fingerprint density at radius 1 is 0.767 bits per heavy atom. The largest absolute Gasteiger partial charge is 0.497 e. The number of benzene rings is 3. The number of para-hydroxylation sites is 1. The maximum absolute atomic E-state index is 5.34. The molecule has 5 aromatic rings. The molecule has 0 aliphatic heterocycles. The van der Waals surface area contributed by atoms with E-state index in [4.69, 9.17) is 14.8 Å². The molecule has 0 unspecified atom stereocenters. The summed E-state index contributed by atoms with van der Waals surface area (Å²) < 4.78 is 7.28. The molecule has 0 spiro atoms. The van der Waals surface area contributed by atoms with Crippen LogP contribution in [-0.4, -0.2) is 21.9 Å². The van der Waals surface area contributed by atoms with E-state index < -0.39 is 0 Å². The SMILES string of the molecule is COc1ccc(-c2cc(-c3ccccc3)nc3c2c(C)nn3-c2ccccc2)cc1. The average Bonchev–Trinajstić information content (AvgIpc) is 3.16. The van der Waals surface area contributed by atoms with E-state index in [9.17, 15) is 0 Å². The molecule has 0 bridgehead atoms. The van der Waals surface area contributed by atoms with Crippen molar-refractivity contribution in [2.75, 3.05) is 7.11 Å². The Morgan fingerprint density at radius 3 is 2.10 bits per heavy atom. The lowest BCUT2D eigenvalue weighted by atomic mass is 9.99. The number of methoxy groups -OCH3 is 1. The van der Waals surface area contributed by atoms with Gasteiger partial charge in [-0.1, -0.05) is 60.7 Å². The van der Waals surface area contributed by atoms with Crippen molar-refractivity contribution >= 4 is 11.0 Å². The molecule has 2 heterocycles. The van der Waals surface area contributed by atoms with Gasteiger partial charge in [-0.25, -0.2) is 9.67 Å². The average molecular weight is 391 g/mol. The highest BCUT2D eigenvalue weighted by Crippen LogP contribution is 2.35. The number of hydrogen-bond donors (Lipinski definition) is 0. The molecule has 5 rings (SSSR count). The van der Waals surface area contributed by atoms with Crippen LogP contribution in [-0.2, 0) is 0 Å². The van der Waals surface area contributed by atoms with Gasteiger partial charge < -0.3 is 4.74 Å². The summed E-state index contributed by atoms with van der Waals surface area (Å²) in [6.07, 6.45) is 0.